The molecular weight excluding hydrogens is 394 g/mol. The van der Waals surface area contributed by atoms with Crippen LogP contribution in [0, 0.1) is 0 Å². The Hall–Kier alpha value is -4.00. The molecule has 0 atom stereocenters. The fourth-order valence-electron chi connectivity index (χ4n) is 3.57. The summed E-state index contributed by atoms with van der Waals surface area (Å²) in [6, 6.07) is 20.7. The third kappa shape index (κ3) is 3.77. The van der Waals surface area contributed by atoms with E-state index in [2.05, 4.69) is 5.10 Å². The van der Waals surface area contributed by atoms with Crippen molar-refractivity contribution in [3.63, 3.8) is 0 Å². The van der Waals surface area contributed by atoms with Crippen molar-refractivity contribution in [2.24, 2.45) is 0 Å². The molecule has 0 spiro atoms. The van der Waals surface area contributed by atoms with Gasteiger partial charge in [-0.25, -0.2) is 4.68 Å². The van der Waals surface area contributed by atoms with Gasteiger partial charge in [0.25, 0.3) is 5.91 Å². The van der Waals surface area contributed by atoms with E-state index in [0.717, 1.165) is 17.0 Å². The van der Waals surface area contributed by atoms with E-state index in [1.165, 1.54) is 0 Å². The third-order valence-electron chi connectivity index (χ3n) is 5.08. The van der Waals surface area contributed by atoms with Gasteiger partial charge in [-0.2, -0.15) is 5.10 Å². The van der Waals surface area contributed by atoms with E-state index in [1.807, 2.05) is 54.6 Å². The lowest BCUT2D eigenvalue weighted by atomic mass is 10.1. The van der Waals surface area contributed by atoms with E-state index in [4.69, 9.17) is 13.9 Å². The Morgan fingerprint density at radius 1 is 1.00 bits per heavy atom. The third-order valence-corrected chi connectivity index (χ3v) is 5.08. The van der Waals surface area contributed by atoms with E-state index in [1.54, 1.807) is 35.0 Å². The summed E-state index contributed by atoms with van der Waals surface area (Å²) in [6.45, 7) is 1.49. The molecule has 1 amide bonds. The minimum Gasteiger partial charge on any atom is -0.486 e. The number of furan rings is 1. The number of aromatic nitrogens is 2. The molecular formula is C24H21N3O4. The first-order valence-corrected chi connectivity index (χ1v) is 10.0. The first-order valence-electron chi connectivity index (χ1n) is 10.0. The molecule has 1 aliphatic heterocycles. The van der Waals surface area contributed by atoms with Gasteiger partial charge < -0.3 is 18.8 Å². The SMILES string of the molecule is CN(Cc1ccc2c(c1)OCCO2)C(=O)c1cc(-c2ccco2)nn1-c1ccccc1. The van der Waals surface area contributed by atoms with Crippen LogP contribution in [-0.4, -0.2) is 40.8 Å². The monoisotopic (exact) mass is 415 g/mol. The van der Waals surface area contributed by atoms with E-state index < -0.39 is 0 Å². The number of benzene rings is 2. The number of hydrogen-bond acceptors (Lipinski definition) is 5. The zero-order valence-corrected chi connectivity index (χ0v) is 17.0. The first-order chi connectivity index (χ1) is 15.2. The van der Waals surface area contributed by atoms with Crippen molar-refractivity contribution in [1.29, 1.82) is 0 Å². The summed E-state index contributed by atoms with van der Waals surface area (Å²) in [4.78, 5) is 15.1. The molecule has 0 N–H and O–H groups in total. The molecule has 0 aliphatic carbocycles. The zero-order valence-electron chi connectivity index (χ0n) is 17.0. The number of carbonyl (C=O) groups is 1. The summed E-state index contributed by atoms with van der Waals surface area (Å²) >= 11 is 0. The number of amides is 1. The van der Waals surface area contributed by atoms with Crippen LogP contribution in [0.5, 0.6) is 11.5 Å². The molecule has 2 aromatic carbocycles. The van der Waals surface area contributed by atoms with E-state index >= 15 is 0 Å². The Balaban J connectivity index is 1.45. The van der Waals surface area contributed by atoms with Gasteiger partial charge in [-0.1, -0.05) is 24.3 Å². The van der Waals surface area contributed by atoms with Gasteiger partial charge in [0.15, 0.2) is 17.3 Å². The fraction of sp³-hybridized carbons (Fsp3) is 0.167. The molecule has 0 fully saturated rings. The van der Waals surface area contributed by atoms with Crippen molar-refractivity contribution < 1.29 is 18.7 Å². The highest BCUT2D eigenvalue weighted by Crippen LogP contribution is 2.31. The maximum absolute atomic E-state index is 13.4. The van der Waals surface area contributed by atoms with Crippen LogP contribution < -0.4 is 9.47 Å². The average Bonchev–Trinajstić information content (AvgIpc) is 3.49. The molecule has 0 bridgehead atoms. The number of nitrogens with zero attached hydrogens (tertiary/aromatic N) is 3. The molecule has 2 aromatic heterocycles. The van der Waals surface area contributed by atoms with Crippen molar-refractivity contribution in [2.45, 2.75) is 6.54 Å². The van der Waals surface area contributed by atoms with Crippen LogP contribution in [0.15, 0.2) is 77.4 Å². The summed E-state index contributed by atoms with van der Waals surface area (Å²) in [5, 5.41) is 4.63. The largest absolute Gasteiger partial charge is 0.486 e. The predicted molar refractivity (Wildman–Crippen MR) is 114 cm³/mol. The second kappa shape index (κ2) is 8.02. The maximum Gasteiger partial charge on any atom is 0.272 e. The Bertz CT molecular complexity index is 1200. The quantitative estimate of drug-likeness (QED) is 0.489. The summed E-state index contributed by atoms with van der Waals surface area (Å²) < 4.78 is 18.4. The molecule has 31 heavy (non-hydrogen) atoms. The van der Waals surface area contributed by atoms with Crippen LogP contribution in [0.25, 0.3) is 17.1 Å². The van der Waals surface area contributed by atoms with Crippen LogP contribution in [-0.2, 0) is 6.54 Å². The number of ether oxygens (including phenoxy) is 2. The number of fused-ring (bicyclic) bond motifs is 1. The van der Waals surface area contributed by atoms with Crippen molar-refractivity contribution in [3.05, 3.63) is 84.3 Å². The number of hydrogen-bond donors (Lipinski definition) is 0. The topological polar surface area (TPSA) is 69.7 Å². The molecule has 0 unspecified atom stereocenters. The fourth-order valence-corrected chi connectivity index (χ4v) is 3.57. The Labute approximate surface area is 179 Å². The van der Waals surface area contributed by atoms with Gasteiger partial charge in [-0.05, 0) is 42.0 Å². The lowest BCUT2D eigenvalue weighted by Gasteiger charge is -2.21. The number of carbonyl (C=O) groups excluding carboxylic acids is 1. The van der Waals surface area contributed by atoms with Crippen LogP contribution in [0.2, 0.25) is 0 Å². The van der Waals surface area contributed by atoms with Crippen molar-refractivity contribution in [3.8, 4) is 28.6 Å². The molecule has 4 aromatic rings. The molecule has 3 heterocycles. The molecule has 0 radical (unpaired) electrons. The van der Waals surface area contributed by atoms with Crippen LogP contribution in [0.4, 0.5) is 0 Å². The normalized spacial score (nSPS) is 12.5. The predicted octanol–water partition coefficient (Wildman–Crippen LogP) is 4.18. The molecule has 0 saturated carbocycles. The minimum absolute atomic E-state index is 0.149. The lowest BCUT2D eigenvalue weighted by Crippen LogP contribution is -2.28. The van der Waals surface area contributed by atoms with E-state index in [0.29, 0.717) is 42.7 Å². The smallest absolute Gasteiger partial charge is 0.272 e. The van der Waals surface area contributed by atoms with Gasteiger partial charge >= 0.3 is 0 Å². The Kier molecular flexibility index (Phi) is 4.92. The molecule has 7 heteroatoms. The summed E-state index contributed by atoms with van der Waals surface area (Å²) in [7, 11) is 1.77. The van der Waals surface area contributed by atoms with Crippen molar-refractivity contribution in [2.75, 3.05) is 20.3 Å². The van der Waals surface area contributed by atoms with Crippen LogP contribution >= 0.6 is 0 Å². The maximum atomic E-state index is 13.4. The molecule has 7 nitrogen and oxygen atoms in total. The second-order valence-electron chi connectivity index (χ2n) is 7.28. The summed E-state index contributed by atoms with van der Waals surface area (Å²) in [5.41, 5.74) is 2.82. The van der Waals surface area contributed by atoms with Gasteiger partial charge in [-0.3, -0.25) is 4.79 Å². The molecule has 5 rings (SSSR count). The zero-order chi connectivity index (χ0) is 21.2. The van der Waals surface area contributed by atoms with Gasteiger partial charge in [0.1, 0.15) is 24.6 Å². The van der Waals surface area contributed by atoms with Crippen LogP contribution in [0.1, 0.15) is 16.1 Å². The van der Waals surface area contributed by atoms with Gasteiger partial charge in [0, 0.05) is 19.7 Å². The molecule has 1 aliphatic rings. The minimum atomic E-state index is -0.149. The number of rotatable bonds is 5. The summed E-state index contributed by atoms with van der Waals surface area (Å²) in [6.07, 6.45) is 1.59. The highest BCUT2D eigenvalue weighted by molar-refractivity contribution is 5.94. The average molecular weight is 415 g/mol. The Morgan fingerprint density at radius 3 is 2.58 bits per heavy atom. The highest BCUT2D eigenvalue weighted by atomic mass is 16.6. The lowest BCUT2D eigenvalue weighted by molar-refractivity contribution is 0.0775. The van der Waals surface area contributed by atoms with E-state index in [9.17, 15) is 4.79 Å². The van der Waals surface area contributed by atoms with Gasteiger partial charge in [0.05, 0.1) is 12.0 Å². The number of para-hydroxylation sites is 1. The molecule has 156 valence electrons. The Morgan fingerprint density at radius 2 is 1.81 bits per heavy atom. The first kappa shape index (κ1) is 19.0. The van der Waals surface area contributed by atoms with Crippen LogP contribution in [0.3, 0.4) is 0 Å². The van der Waals surface area contributed by atoms with Gasteiger partial charge in [-0.15, -0.1) is 0 Å². The second-order valence-corrected chi connectivity index (χ2v) is 7.28. The van der Waals surface area contributed by atoms with Gasteiger partial charge in [0.2, 0.25) is 0 Å². The standard InChI is InChI=1S/C24H21N3O4/c1-26(16-17-9-10-22-23(14-17)31-13-12-30-22)24(28)20-15-19(21-8-5-11-29-21)25-27(20)18-6-3-2-4-7-18/h2-11,14-15H,12-13,16H2,1H3. The summed E-state index contributed by atoms with van der Waals surface area (Å²) in [5.74, 6) is 1.90. The highest BCUT2D eigenvalue weighted by Gasteiger charge is 2.22. The van der Waals surface area contributed by atoms with Crippen molar-refractivity contribution >= 4 is 5.91 Å². The van der Waals surface area contributed by atoms with E-state index in [-0.39, 0.29) is 5.91 Å². The van der Waals surface area contributed by atoms with Crippen molar-refractivity contribution in [1.82, 2.24) is 14.7 Å². The molecule has 0 saturated heterocycles.